The summed E-state index contributed by atoms with van der Waals surface area (Å²) in [6.07, 6.45) is 1.98. The van der Waals surface area contributed by atoms with Crippen molar-refractivity contribution in [3.63, 3.8) is 0 Å². The molecule has 1 aromatic carbocycles. The molecule has 0 spiro atoms. The van der Waals surface area contributed by atoms with Gasteiger partial charge in [-0.3, -0.25) is 4.79 Å². The molecule has 0 aliphatic rings. The maximum atomic E-state index is 12.4. The van der Waals surface area contributed by atoms with Crippen molar-refractivity contribution >= 4 is 29.3 Å². The van der Waals surface area contributed by atoms with E-state index in [1.54, 1.807) is 6.26 Å². The first kappa shape index (κ1) is 19.5. The van der Waals surface area contributed by atoms with E-state index in [0.29, 0.717) is 13.0 Å². The lowest BCUT2D eigenvalue weighted by Crippen LogP contribution is -2.55. The van der Waals surface area contributed by atoms with Crippen molar-refractivity contribution in [3.8, 4) is 0 Å². The number of rotatable bonds is 5. The molecule has 0 saturated carbocycles. The summed E-state index contributed by atoms with van der Waals surface area (Å²) >= 11 is 0. The third-order valence-corrected chi connectivity index (χ3v) is 4.74. The molecule has 0 saturated heterocycles. The monoisotopic (exact) mass is 338 g/mol. The number of carbonyl (C=O) groups excluding carboxylic acids is 1. The van der Waals surface area contributed by atoms with Crippen LogP contribution in [0.4, 0.5) is 0 Å². The van der Waals surface area contributed by atoms with Crippen LogP contribution in [0.3, 0.4) is 0 Å². The number of fused-ring (bicyclic) bond motifs is 1. The number of hydrogen-bond acceptors (Lipinski definition) is 3. The zero-order valence-electron chi connectivity index (χ0n) is 14.5. The summed E-state index contributed by atoms with van der Waals surface area (Å²) in [5, 5.41) is 4.08. The molecule has 2 rings (SSSR count). The van der Waals surface area contributed by atoms with E-state index in [1.807, 2.05) is 13.0 Å². The second kappa shape index (κ2) is 7.37. The maximum Gasteiger partial charge on any atom is 0.225 e. The molecule has 2 aromatic rings. The maximum absolute atomic E-state index is 12.4. The Bertz CT molecular complexity index is 694. The zero-order chi connectivity index (χ0) is 16.5. The first-order chi connectivity index (χ1) is 10.3. The van der Waals surface area contributed by atoms with E-state index >= 15 is 0 Å². The van der Waals surface area contributed by atoms with Gasteiger partial charge in [-0.2, -0.15) is 0 Å². The molecule has 0 aliphatic heterocycles. The predicted octanol–water partition coefficient (Wildman–Crippen LogP) is 3.50. The standard InChI is InChI=1S/C18H26N2O2.ClH/c1-11(2)18(5,10-19)20-17(21)8-14-9-22-16-7-13(4)12(3)6-15(14)16;/h6-7,9,11H,8,10,19H2,1-5H3,(H,20,21);1H. The Morgan fingerprint density at radius 3 is 2.48 bits per heavy atom. The highest BCUT2D eigenvalue weighted by Gasteiger charge is 2.28. The number of carbonyl (C=O) groups is 1. The predicted molar refractivity (Wildman–Crippen MR) is 97.1 cm³/mol. The van der Waals surface area contributed by atoms with Crippen LogP contribution in [0.1, 0.15) is 37.5 Å². The van der Waals surface area contributed by atoms with Crippen LogP contribution >= 0.6 is 12.4 Å². The molecular weight excluding hydrogens is 312 g/mol. The average molecular weight is 339 g/mol. The highest BCUT2D eigenvalue weighted by atomic mass is 35.5. The van der Waals surface area contributed by atoms with Crippen LogP contribution in [-0.2, 0) is 11.2 Å². The quantitative estimate of drug-likeness (QED) is 0.876. The topological polar surface area (TPSA) is 68.3 Å². The van der Waals surface area contributed by atoms with Crippen molar-refractivity contribution in [1.82, 2.24) is 5.32 Å². The van der Waals surface area contributed by atoms with Gasteiger partial charge in [0.05, 0.1) is 18.2 Å². The van der Waals surface area contributed by atoms with Gasteiger partial charge in [-0.05, 0) is 49.9 Å². The van der Waals surface area contributed by atoms with E-state index in [2.05, 4.69) is 39.1 Å². The first-order valence-electron chi connectivity index (χ1n) is 7.75. The molecule has 4 nitrogen and oxygen atoms in total. The Morgan fingerprint density at radius 1 is 1.30 bits per heavy atom. The van der Waals surface area contributed by atoms with Gasteiger partial charge in [0.1, 0.15) is 5.58 Å². The second-order valence-electron chi connectivity index (χ2n) is 6.69. The van der Waals surface area contributed by atoms with Gasteiger partial charge in [-0.15, -0.1) is 12.4 Å². The van der Waals surface area contributed by atoms with E-state index in [1.165, 1.54) is 11.1 Å². The summed E-state index contributed by atoms with van der Waals surface area (Å²) in [5.41, 5.74) is 9.57. The minimum absolute atomic E-state index is 0. The van der Waals surface area contributed by atoms with Crippen LogP contribution < -0.4 is 11.1 Å². The number of halogens is 1. The zero-order valence-corrected chi connectivity index (χ0v) is 15.3. The van der Waals surface area contributed by atoms with E-state index < -0.39 is 0 Å². The smallest absolute Gasteiger partial charge is 0.225 e. The summed E-state index contributed by atoms with van der Waals surface area (Å²) in [6, 6.07) is 4.10. The lowest BCUT2D eigenvalue weighted by atomic mass is 9.88. The van der Waals surface area contributed by atoms with Crippen LogP contribution in [0.2, 0.25) is 0 Å². The summed E-state index contributed by atoms with van der Waals surface area (Å²) < 4.78 is 5.58. The van der Waals surface area contributed by atoms with Gasteiger partial charge in [0.2, 0.25) is 5.91 Å². The Balaban J connectivity index is 0.00000264. The van der Waals surface area contributed by atoms with Gasteiger partial charge in [-0.25, -0.2) is 0 Å². The molecule has 1 amide bonds. The van der Waals surface area contributed by atoms with E-state index in [9.17, 15) is 4.79 Å². The van der Waals surface area contributed by atoms with Crippen molar-refractivity contribution in [1.29, 1.82) is 0 Å². The molecule has 1 aromatic heterocycles. The normalized spacial score (nSPS) is 13.7. The number of nitrogens with one attached hydrogen (secondary N) is 1. The largest absolute Gasteiger partial charge is 0.464 e. The number of benzene rings is 1. The fourth-order valence-electron chi connectivity index (χ4n) is 2.44. The van der Waals surface area contributed by atoms with Gasteiger partial charge >= 0.3 is 0 Å². The van der Waals surface area contributed by atoms with Crippen molar-refractivity contribution in [3.05, 3.63) is 35.1 Å². The number of hydrogen-bond donors (Lipinski definition) is 2. The van der Waals surface area contributed by atoms with Gasteiger partial charge in [0.25, 0.3) is 0 Å². The third-order valence-electron chi connectivity index (χ3n) is 4.74. The van der Waals surface area contributed by atoms with Gasteiger partial charge in [-0.1, -0.05) is 13.8 Å². The van der Waals surface area contributed by atoms with E-state index in [4.69, 9.17) is 10.2 Å². The molecule has 0 bridgehead atoms. The summed E-state index contributed by atoms with van der Waals surface area (Å²) in [6.45, 7) is 10.6. The highest BCUT2D eigenvalue weighted by Crippen LogP contribution is 2.25. The number of furan rings is 1. The van der Waals surface area contributed by atoms with E-state index in [-0.39, 0.29) is 29.8 Å². The minimum atomic E-state index is -0.386. The van der Waals surface area contributed by atoms with Crippen LogP contribution in [0.15, 0.2) is 22.8 Å². The van der Waals surface area contributed by atoms with Crippen LogP contribution in [-0.4, -0.2) is 18.0 Å². The molecule has 1 heterocycles. The molecule has 23 heavy (non-hydrogen) atoms. The molecule has 0 radical (unpaired) electrons. The number of amides is 1. The van der Waals surface area contributed by atoms with Gasteiger partial charge in [0.15, 0.2) is 0 Å². The number of aryl methyl sites for hydroxylation is 2. The fraction of sp³-hybridized carbons (Fsp3) is 0.500. The summed E-state index contributed by atoms with van der Waals surface area (Å²) in [7, 11) is 0. The van der Waals surface area contributed by atoms with Crippen molar-refractivity contribution in [2.45, 2.75) is 46.6 Å². The molecule has 128 valence electrons. The Labute approximate surface area is 144 Å². The Hall–Kier alpha value is -1.52. The van der Waals surface area contributed by atoms with Gasteiger partial charge < -0.3 is 15.5 Å². The lowest BCUT2D eigenvalue weighted by Gasteiger charge is -2.33. The van der Waals surface area contributed by atoms with Crippen molar-refractivity contribution < 1.29 is 9.21 Å². The van der Waals surface area contributed by atoms with Crippen LogP contribution in [0.25, 0.3) is 11.0 Å². The highest BCUT2D eigenvalue weighted by molar-refractivity contribution is 5.88. The summed E-state index contributed by atoms with van der Waals surface area (Å²) in [5.74, 6) is 0.245. The molecule has 1 atom stereocenters. The second-order valence-corrected chi connectivity index (χ2v) is 6.69. The molecule has 5 heteroatoms. The van der Waals surface area contributed by atoms with Crippen LogP contribution in [0, 0.1) is 19.8 Å². The SMILES string of the molecule is Cc1cc2occ(CC(=O)NC(C)(CN)C(C)C)c2cc1C.Cl. The first-order valence-corrected chi connectivity index (χ1v) is 7.75. The number of nitrogens with two attached hydrogens (primary N) is 1. The van der Waals surface area contributed by atoms with Crippen LogP contribution in [0.5, 0.6) is 0 Å². The average Bonchev–Trinajstić information content (AvgIpc) is 2.81. The Kier molecular flexibility index (Phi) is 6.25. The fourth-order valence-corrected chi connectivity index (χ4v) is 2.44. The van der Waals surface area contributed by atoms with E-state index in [0.717, 1.165) is 16.5 Å². The Morgan fingerprint density at radius 2 is 1.91 bits per heavy atom. The van der Waals surface area contributed by atoms with Crippen molar-refractivity contribution in [2.24, 2.45) is 11.7 Å². The molecule has 3 N–H and O–H groups in total. The summed E-state index contributed by atoms with van der Waals surface area (Å²) in [4.78, 5) is 12.4. The van der Waals surface area contributed by atoms with Gasteiger partial charge in [0, 0.05) is 17.5 Å². The molecule has 0 aliphatic carbocycles. The van der Waals surface area contributed by atoms with Crippen molar-refractivity contribution in [2.75, 3.05) is 6.54 Å². The minimum Gasteiger partial charge on any atom is -0.464 e. The molecule has 1 unspecified atom stereocenters. The molecule has 0 fully saturated rings. The lowest BCUT2D eigenvalue weighted by molar-refractivity contribution is -0.122. The molecular formula is C18H27ClN2O2. The third kappa shape index (κ3) is 4.06.